The molecule has 5 nitrogen and oxygen atoms in total. The molecule has 0 bridgehead atoms. The van der Waals surface area contributed by atoms with E-state index in [1.54, 1.807) is 18.9 Å². The zero-order valence-electron chi connectivity index (χ0n) is 12.9. The molecule has 0 saturated carbocycles. The first kappa shape index (κ1) is 14.8. The van der Waals surface area contributed by atoms with Crippen LogP contribution in [-0.4, -0.2) is 17.1 Å². The number of H-pyrrole nitrogens is 1. The molecule has 0 aliphatic rings. The van der Waals surface area contributed by atoms with E-state index < -0.39 is 0 Å². The van der Waals surface area contributed by atoms with Gasteiger partial charge in [0.25, 0.3) is 5.56 Å². The maximum Gasteiger partial charge on any atom is 0.294 e. The number of hydrogen-bond donors (Lipinski definition) is 1. The van der Waals surface area contributed by atoms with Crippen molar-refractivity contribution in [2.45, 2.75) is 10.6 Å². The van der Waals surface area contributed by atoms with Crippen LogP contribution in [0.3, 0.4) is 0 Å². The molecule has 0 spiro atoms. The zero-order valence-corrected chi connectivity index (χ0v) is 13.7. The van der Waals surface area contributed by atoms with Gasteiger partial charge in [-0.05, 0) is 36.4 Å². The van der Waals surface area contributed by atoms with Crippen LogP contribution in [0.1, 0.15) is 5.82 Å². The van der Waals surface area contributed by atoms with Crippen LogP contribution in [0.25, 0.3) is 22.1 Å². The third kappa shape index (κ3) is 2.65. The predicted molar refractivity (Wildman–Crippen MR) is 94.7 cm³/mol. The Hall–Kier alpha value is -2.73. The van der Waals surface area contributed by atoms with E-state index in [0.717, 1.165) is 16.0 Å². The number of rotatable bonds is 4. The second kappa shape index (κ2) is 6.05. The van der Waals surface area contributed by atoms with E-state index in [9.17, 15) is 4.79 Å². The van der Waals surface area contributed by atoms with Gasteiger partial charge in [0.15, 0.2) is 0 Å². The standard InChI is InChI=1S/C18H14N2O3S/c1-22-11-6-8-12(9-7-11)24-10-15-19-16-13-4-2-3-5-14(13)23-17(16)18(21)20-15/h2-9H,10H2,1H3,(H,19,20,21). The third-order valence-electron chi connectivity index (χ3n) is 3.72. The van der Waals surface area contributed by atoms with Crippen molar-refractivity contribution in [3.63, 3.8) is 0 Å². The highest BCUT2D eigenvalue weighted by Crippen LogP contribution is 2.27. The highest BCUT2D eigenvalue weighted by atomic mass is 32.2. The fraction of sp³-hybridized carbons (Fsp3) is 0.111. The van der Waals surface area contributed by atoms with Crippen LogP contribution in [0.5, 0.6) is 5.75 Å². The first-order valence-electron chi connectivity index (χ1n) is 7.42. The molecule has 0 aliphatic carbocycles. The summed E-state index contributed by atoms with van der Waals surface area (Å²) in [5.41, 5.74) is 1.31. The van der Waals surface area contributed by atoms with Crippen LogP contribution in [0.2, 0.25) is 0 Å². The van der Waals surface area contributed by atoms with E-state index in [1.807, 2.05) is 48.5 Å². The first-order valence-corrected chi connectivity index (χ1v) is 8.40. The van der Waals surface area contributed by atoms with Crippen LogP contribution in [-0.2, 0) is 5.75 Å². The van der Waals surface area contributed by atoms with Gasteiger partial charge in [-0.3, -0.25) is 4.79 Å². The molecule has 24 heavy (non-hydrogen) atoms. The van der Waals surface area contributed by atoms with Crippen molar-refractivity contribution in [3.8, 4) is 5.75 Å². The number of ether oxygens (including phenoxy) is 1. The summed E-state index contributed by atoms with van der Waals surface area (Å²) in [4.78, 5) is 20.7. The number of hydrogen-bond acceptors (Lipinski definition) is 5. The van der Waals surface area contributed by atoms with Crippen molar-refractivity contribution in [3.05, 3.63) is 64.7 Å². The van der Waals surface area contributed by atoms with Crippen molar-refractivity contribution in [1.82, 2.24) is 9.97 Å². The molecule has 2 aromatic heterocycles. The van der Waals surface area contributed by atoms with Crippen LogP contribution < -0.4 is 10.3 Å². The van der Waals surface area contributed by atoms with Gasteiger partial charge in [0.1, 0.15) is 22.7 Å². The zero-order chi connectivity index (χ0) is 16.5. The number of para-hydroxylation sites is 1. The second-order valence-corrected chi connectivity index (χ2v) is 6.30. The quantitative estimate of drug-likeness (QED) is 0.570. The Morgan fingerprint density at radius 2 is 1.96 bits per heavy atom. The Morgan fingerprint density at radius 3 is 2.75 bits per heavy atom. The van der Waals surface area contributed by atoms with E-state index >= 15 is 0 Å². The lowest BCUT2D eigenvalue weighted by atomic mass is 10.2. The maximum absolute atomic E-state index is 12.2. The Labute approximate surface area is 141 Å². The number of aromatic amines is 1. The summed E-state index contributed by atoms with van der Waals surface area (Å²) < 4.78 is 10.7. The lowest BCUT2D eigenvalue weighted by Gasteiger charge is -2.03. The lowest BCUT2D eigenvalue weighted by Crippen LogP contribution is -2.10. The monoisotopic (exact) mass is 338 g/mol. The van der Waals surface area contributed by atoms with Gasteiger partial charge in [-0.25, -0.2) is 4.98 Å². The van der Waals surface area contributed by atoms with Gasteiger partial charge in [0.2, 0.25) is 5.58 Å². The van der Waals surface area contributed by atoms with Crippen LogP contribution >= 0.6 is 11.8 Å². The van der Waals surface area contributed by atoms with E-state index in [0.29, 0.717) is 22.7 Å². The molecule has 0 aliphatic heterocycles. The molecule has 120 valence electrons. The van der Waals surface area contributed by atoms with Crippen LogP contribution in [0, 0.1) is 0 Å². The topological polar surface area (TPSA) is 68.1 Å². The molecular formula is C18H14N2O3S. The summed E-state index contributed by atoms with van der Waals surface area (Å²) in [6.07, 6.45) is 0. The summed E-state index contributed by atoms with van der Waals surface area (Å²) >= 11 is 1.60. The van der Waals surface area contributed by atoms with Gasteiger partial charge in [0.05, 0.1) is 12.9 Å². The van der Waals surface area contributed by atoms with Gasteiger partial charge in [0, 0.05) is 10.3 Å². The summed E-state index contributed by atoms with van der Waals surface area (Å²) in [7, 11) is 1.64. The van der Waals surface area contributed by atoms with Crippen molar-refractivity contribution >= 4 is 33.8 Å². The van der Waals surface area contributed by atoms with E-state index in [1.165, 1.54) is 0 Å². The Kier molecular flexibility index (Phi) is 3.74. The maximum atomic E-state index is 12.2. The molecule has 0 unspecified atom stereocenters. The average Bonchev–Trinajstić information content (AvgIpc) is 3.00. The number of thioether (sulfide) groups is 1. The summed E-state index contributed by atoms with van der Waals surface area (Å²) in [6.45, 7) is 0. The lowest BCUT2D eigenvalue weighted by molar-refractivity contribution is 0.414. The number of methoxy groups -OCH3 is 1. The minimum Gasteiger partial charge on any atom is -0.497 e. The number of aromatic nitrogens is 2. The molecule has 0 fully saturated rings. The molecule has 1 N–H and O–H groups in total. The van der Waals surface area contributed by atoms with Crippen molar-refractivity contribution in [2.24, 2.45) is 0 Å². The molecule has 0 atom stereocenters. The molecular weight excluding hydrogens is 324 g/mol. The van der Waals surface area contributed by atoms with Gasteiger partial charge < -0.3 is 14.1 Å². The summed E-state index contributed by atoms with van der Waals surface area (Å²) in [6, 6.07) is 15.3. The van der Waals surface area contributed by atoms with E-state index in [2.05, 4.69) is 9.97 Å². The molecule has 0 amide bonds. The van der Waals surface area contributed by atoms with Gasteiger partial charge >= 0.3 is 0 Å². The van der Waals surface area contributed by atoms with Crippen molar-refractivity contribution in [1.29, 1.82) is 0 Å². The van der Waals surface area contributed by atoms with Gasteiger partial charge in [-0.15, -0.1) is 11.8 Å². The number of nitrogens with zero attached hydrogens (tertiary/aromatic N) is 1. The normalized spacial score (nSPS) is 11.2. The molecule has 0 saturated heterocycles. The van der Waals surface area contributed by atoms with Gasteiger partial charge in [-0.1, -0.05) is 12.1 Å². The molecule has 6 heteroatoms. The van der Waals surface area contributed by atoms with Crippen LogP contribution in [0.15, 0.2) is 62.6 Å². The SMILES string of the molecule is COc1ccc(SCc2nc3c(oc4ccccc43)c(=O)[nH]2)cc1. The largest absolute Gasteiger partial charge is 0.497 e. The van der Waals surface area contributed by atoms with Crippen LogP contribution in [0.4, 0.5) is 0 Å². The first-order chi connectivity index (χ1) is 11.7. The molecule has 4 rings (SSSR count). The minimum absolute atomic E-state index is 0.249. The fourth-order valence-electron chi connectivity index (χ4n) is 2.54. The highest BCUT2D eigenvalue weighted by Gasteiger charge is 2.12. The molecule has 2 heterocycles. The summed E-state index contributed by atoms with van der Waals surface area (Å²) in [5, 5.41) is 0.856. The molecule has 4 aromatic rings. The fourth-order valence-corrected chi connectivity index (χ4v) is 3.31. The highest BCUT2D eigenvalue weighted by molar-refractivity contribution is 7.98. The average molecular weight is 338 g/mol. The number of furan rings is 1. The Bertz CT molecular complexity index is 1070. The van der Waals surface area contributed by atoms with Crippen molar-refractivity contribution in [2.75, 3.05) is 7.11 Å². The molecule has 0 radical (unpaired) electrons. The Morgan fingerprint density at radius 1 is 1.17 bits per heavy atom. The van der Waals surface area contributed by atoms with Crippen molar-refractivity contribution < 1.29 is 9.15 Å². The Balaban J connectivity index is 1.66. The van der Waals surface area contributed by atoms with E-state index in [4.69, 9.17) is 9.15 Å². The smallest absolute Gasteiger partial charge is 0.294 e. The number of benzene rings is 2. The number of fused-ring (bicyclic) bond motifs is 3. The number of nitrogens with one attached hydrogen (secondary N) is 1. The van der Waals surface area contributed by atoms with E-state index in [-0.39, 0.29) is 11.1 Å². The predicted octanol–water partition coefficient (Wildman–Crippen LogP) is 3.97. The minimum atomic E-state index is -0.249. The second-order valence-electron chi connectivity index (χ2n) is 5.25. The van der Waals surface area contributed by atoms with Gasteiger partial charge in [-0.2, -0.15) is 0 Å². The third-order valence-corrected chi connectivity index (χ3v) is 4.74. The summed E-state index contributed by atoms with van der Waals surface area (Å²) in [5.74, 6) is 2.01. The molecule has 2 aromatic carbocycles.